The number of anilines is 3. The van der Waals surface area contributed by atoms with Crippen molar-refractivity contribution in [3.63, 3.8) is 0 Å². The summed E-state index contributed by atoms with van der Waals surface area (Å²) in [5.74, 6) is 0. The number of fused-ring (bicyclic) bond motifs is 3. The van der Waals surface area contributed by atoms with Crippen LogP contribution in [0.5, 0.6) is 0 Å². The fourth-order valence-electron chi connectivity index (χ4n) is 1.77. The molecule has 0 atom stereocenters. The summed E-state index contributed by atoms with van der Waals surface area (Å²) in [7, 11) is 0. The summed E-state index contributed by atoms with van der Waals surface area (Å²) < 4.78 is 2.32. The van der Waals surface area contributed by atoms with E-state index >= 15 is 0 Å². The summed E-state index contributed by atoms with van der Waals surface area (Å²) >= 11 is 3.23. The Kier molecular flexibility index (Phi) is 1.63. The lowest BCUT2D eigenvalue weighted by Crippen LogP contribution is -1.94. The zero-order valence-corrected chi connectivity index (χ0v) is 9.41. The maximum atomic E-state index is 5.99. The van der Waals surface area contributed by atoms with Crippen molar-refractivity contribution >= 4 is 59.2 Å². The molecule has 15 heavy (non-hydrogen) atoms. The summed E-state index contributed by atoms with van der Waals surface area (Å²) in [6, 6.07) is 3.89. The Hall–Kier alpha value is -1.46. The summed E-state index contributed by atoms with van der Waals surface area (Å²) in [5.41, 5.74) is 19.1. The first-order valence-corrected chi connectivity index (χ1v) is 6.11. The minimum absolute atomic E-state index is 0.642. The standard InChI is InChI=1S/C10H9N3S2/c11-6-3-5-8(13)7(12)4-1-2-14-9(4)10(5)15-6/h1-3H,11-13H2. The first-order valence-electron chi connectivity index (χ1n) is 4.41. The monoisotopic (exact) mass is 235 g/mol. The van der Waals surface area contributed by atoms with Crippen molar-refractivity contribution in [2.45, 2.75) is 0 Å². The van der Waals surface area contributed by atoms with Crippen LogP contribution in [0, 0.1) is 0 Å². The summed E-state index contributed by atoms with van der Waals surface area (Å²) in [6.45, 7) is 0. The van der Waals surface area contributed by atoms with Gasteiger partial charge in [0, 0.05) is 10.8 Å². The Balaban J connectivity index is 2.69. The van der Waals surface area contributed by atoms with Gasteiger partial charge in [-0.3, -0.25) is 0 Å². The highest BCUT2D eigenvalue weighted by Crippen LogP contribution is 2.43. The Morgan fingerprint density at radius 1 is 0.933 bits per heavy atom. The van der Waals surface area contributed by atoms with Gasteiger partial charge in [0.05, 0.1) is 25.8 Å². The van der Waals surface area contributed by atoms with Crippen molar-refractivity contribution in [1.82, 2.24) is 0 Å². The molecular formula is C10H9N3S2. The van der Waals surface area contributed by atoms with E-state index in [0.717, 1.165) is 20.5 Å². The average Bonchev–Trinajstić information content (AvgIpc) is 2.79. The first kappa shape index (κ1) is 8.82. The van der Waals surface area contributed by atoms with Gasteiger partial charge in [0.1, 0.15) is 0 Å². The number of hydrogen-bond acceptors (Lipinski definition) is 5. The van der Waals surface area contributed by atoms with E-state index in [0.29, 0.717) is 11.4 Å². The molecule has 1 aromatic carbocycles. The molecule has 0 aliphatic carbocycles. The highest BCUT2D eigenvalue weighted by Gasteiger charge is 2.13. The Labute approximate surface area is 94.1 Å². The first-order chi connectivity index (χ1) is 7.18. The average molecular weight is 235 g/mol. The van der Waals surface area contributed by atoms with E-state index in [1.165, 1.54) is 4.70 Å². The lowest BCUT2D eigenvalue weighted by Gasteiger charge is -2.03. The molecule has 0 aliphatic heterocycles. The molecule has 5 heteroatoms. The van der Waals surface area contributed by atoms with Crippen molar-refractivity contribution in [2.24, 2.45) is 0 Å². The van der Waals surface area contributed by atoms with Gasteiger partial charge < -0.3 is 17.2 Å². The van der Waals surface area contributed by atoms with Crippen LogP contribution in [-0.2, 0) is 0 Å². The number of thiophene rings is 2. The van der Waals surface area contributed by atoms with Gasteiger partial charge in [-0.15, -0.1) is 22.7 Å². The Morgan fingerprint density at radius 3 is 2.47 bits per heavy atom. The van der Waals surface area contributed by atoms with Gasteiger partial charge >= 0.3 is 0 Å². The van der Waals surface area contributed by atoms with Gasteiger partial charge in [-0.2, -0.15) is 0 Å². The smallest absolute Gasteiger partial charge is 0.0870 e. The van der Waals surface area contributed by atoms with Crippen LogP contribution in [0.2, 0.25) is 0 Å². The third-order valence-corrected chi connectivity index (χ3v) is 4.54. The number of nitrogen functional groups attached to an aromatic ring is 3. The highest BCUT2D eigenvalue weighted by atomic mass is 32.1. The summed E-state index contributed by atoms with van der Waals surface area (Å²) in [4.78, 5) is 0. The van der Waals surface area contributed by atoms with Crippen molar-refractivity contribution < 1.29 is 0 Å². The molecule has 0 radical (unpaired) electrons. The fraction of sp³-hybridized carbons (Fsp3) is 0. The molecule has 3 rings (SSSR count). The van der Waals surface area contributed by atoms with Crippen LogP contribution < -0.4 is 17.2 Å². The molecular weight excluding hydrogens is 226 g/mol. The zero-order valence-electron chi connectivity index (χ0n) is 7.78. The second kappa shape index (κ2) is 2.77. The van der Waals surface area contributed by atoms with E-state index < -0.39 is 0 Å². The lowest BCUT2D eigenvalue weighted by molar-refractivity contribution is 1.82. The van der Waals surface area contributed by atoms with E-state index in [-0.39, 0.29) is 0 Å². The van der Waals surface area contributed by atoms with Crippen LogP contribution in [0.3, 0.4) is 0 Å². The van der Waals surface area contributed by atoms with Gasteiger partial charge in [-0.1, -0.05) is 0 Å². The third kappa shape index (κ3) is 1.04. The molecule has 2 heterocycles. The molecule has 0 amide bonds. The van der Waals surface area contributed by atoms with Crippen LogP contribution in [0.1, 0.15) is 0 Å². The molecule has 0 unspecified atom stereocenters. The van der Waals surface area contributed by atoms with Crippen LogP contribution in [0.4, 0.5) is 16.4 Å². The van der Waals surface area contributed by atoms with E-state index in [2.05, 4.69) is 0 Å². The van der Waals surface area contributed by atoms with Crippen molar-refractivity contribution in [2.75, 3.05) is 17.2 Å². The molecule has 3 nitrogen and oxygen atoms in total. The molecule has 2 aromatic heterocycles. The SMILES string of the molecule is Nc1cc2c(N)c(N)c3ccsc3c2s1. The molecule has 3 aromatic rings. The molecule has 0 fully saturated rings. The predicted octanol–water partition coefficient (Wildman–Crippen LogP) is 2.86. The van der Waals surface area contributed by atoms with Crippen LogP contribution >= 0.6 is 22.7 Å². The van der Waals surface area contributed by atoms with E-state index in [1.54, 1.807) is 22.7 Å². The second-order valence-electron chi connectivity index (χ2n) is 3.38. The van der Waals surface area contributed by atoms with Gasteiger partial charge in [-0.25, -0.2) is 0 Å². The minimum atomic E-state index is 0.642. The highest BCUT2D eigenvalue weighted by molar-refractivity contribution is 7.28. The van der Waals surface area contributed by atoms with Crippen LogP contribution in [0.15, 0.2) is 17.5 Å². The molecule has 0 bridgehead atoms. The number of hydrogen-bond donors (Lipinski definition) is 3. The second-order valence-corrected chi connectivity index (χ2v) is 5.38. The van der Waals surface area contributed by atoms with E-state index in [1.807, 2.05) is 17.5 Å². The van der Waals surface area contributed by atoms with Gasteiger partial charge in [0.15, 0.2) is 0 Å². The summed E-state index contributed by atoms with van der Waals surface area (Å²) in [5, 5.41) is 4.81. The number of rotatable bonds is 0. The van der Waals surface area contributed by atoms with Crippen molar-refractivity contribution in [3.05, 3.63) is 17.5 Å². The van der Waals surface area contributed by atoms with Gasteiger partial charge in [0.25, 0.3) is 0 Å². The maximum absolute atomic E-state index is 5.99. The van der Waals surface area contributed by atoms with E-state index in [9.17, 15) is 0 Å². The maximum Gasteiger partial charge on any atom is 0.0870 e. The zero-order chi connectivity index (χ0) is 10.6. The molecule has 0 spiro atoms. The molecule has 6 N–H and O–H groups in total. The lowest BCUT2D eigenvalue weighted by atomic mass is 10.1. The Bertz CT molecular complexity index is 666. The topological polar surface area (TPSA) is 78.1 Å². The van der Waals surface area contributed by atoms with Gasteiger partial charge in [-0.05, 0) is 17.5 Å². The third-order valence-electron chi connectivity index (χ3n) is 2.49. The normalized spacial score (nSPS) is 11.5. The minimum Gasteiger partial charge on any atom is -0.397 e. The Morgan fingerprint density at radius 2 is 1.67 bits per heavy atom. The van der Waals surface area contributed by atoms with Crippen molar-refractivity contribution in [1.29, 1.82) is 0 Å². The molecule has 76 valence electrons. The van der Waals surface area contributed by atoms with Crippen LogP contribution in [-0.4, -0.2) is 0 Å². The fourth-order valence-corrected chi connectivity index (χ4v) is 3.79. The number of nitrogens with two attached hydrogens (primary N) is 3. The van der Waals surface area contributed by atoms with Crippen molar-refractivity contribution in [3.8, 4) is 0 Å². The van der Waals surface area contributed by atoms with Crippen LogP contribution in [0.25, 0.3) is 20.2 Å². The largest absolute Gasteiger partial charge is 0.397 e. The molecule has 0 saturated heterocycles. The van der Waals surface area contributed by atoms with E-state index in [4.69, 9.17) is 17.2 Å². The quantitative estimate of drug-likeness (QED) is 0.414. The predicted molar refractivity (Wildman–Crippen MR) is 70.4 cm³/mol. The number of benzene rings is 1. The molecule has 0 saturated carbocycles. The molecule has 0 aliphatic rings. The van der Waals surface area contributed by atoms with Gasteiger partial charge in [0.2, 0.25) is 0 Å². The summed E-state index contributed by atoms with van der Waals surface area (Å²) in [6.07, 6.45) is 0.